The van der Waals surface area contributed by atoms with Crippen LogP contribution in [0.2, 0.25) is 0 Å². The molecule has 12 heavy (non-hydrogen) atoms. The highest BCUT2D eigenvalue weighted by atomic mass is 16.5. The lowest BCUT2D eigenvalue weighted by Crippen LogP contribution is -2.22. The molecule has 0 aliphatic heterocycles. The Morgan fingerprint density at radius 1 is 1.33 bits per heavy atom. The van der Waals surface area contributed by atoms with Crippen molar-refractivity contribution in [3.8, 4) is 0 Å². The van der Waals surface area contributed by atoms with Gasteiger partial charge in [0, 0.05) is 0 Å². The molecule has 0 bridgehead atoms. The molecule has 1 aliphatic carbocycles. The molecule has 1 fully saturated rings. The first kappa shape index (κ1) is 9.56. The lowest BCUT2D eigenvalue weighted by Gasteiger charge is -2.24. The molecule has 1 rings (SSSR count). The zero-order valence-electron chi connectivity index (χ0n) is 8.01. The van der Waals surface area contributed by atoms with Gasteiger partial charge in [-0.2, -0.15) is 0 Å². The fraction of sp³-hybridized carbons (Fsp3) is 0.900. The molecule has 1 saturated carbocycles. The first-order valence-electron chi connectivity index (χ1n) is 4.90. The Morgan fingerprint density at radius 2 is 1.92 bits per heavy atom. The van der Waals surface area contributed by atoms with E-state index in [4.69, 9.17) is 4.74 Å². The monoisotopic (exact) mass is 170 g/mol. The summed E-state index contributed by atoms with van der Waals surface area (Å²) in [7, 11) is 0. The Labute approximate surface area is 74.3 Å². The van der Waals surface area contributed by atoms with E-state index < -0.39 is 0 Å². The molecule has 0 N–H and O–H groups in total. The molecule has 70 valence electrons. The van der Waals surface area contributed by atoms with Crippen LogP contribution in [0.3, 0.4) is 0 Å². The maximum absolute atomic E-state index is 11.3. The summed E-state index contributed by atoms with van der Waals surface area (Å²) in [5.74, 6) is 1.02. The third-order valence-corrected chi connectivity index (χ3v) is 2.64. The predicted molar refractivity (Wildman–Crippen MR) is 47.8 cm³/mol. The maximum atomic E-state index is 11.3. The van der Waals surface area contributed by atoms with Gasteiger partial charge >= 0.3 is 5.97 Å². The van der Waals surface area contributed by atoms with Crippen molar-refractivity contribution in [1.82, 2.24) is 0 Å². The zero-order valence-corrected chi connectivity index (χ0v) is 8.01. The number of carbonyl (C=O) groups excluding carboxylic acids is 1. The summed E-state index contributed by atoms with van der Waals surface area (Å²) < 4.78 is 4.98. The van der Waals surface area contributed by atoms with Crippen molar-refractivity contribution in [2.75, 3.05) is 6.61 Å². The van der Waals surface area contributed by atoms with Gasteiger partial charge in [-0.25, -0.2) is 0 Å². The van der Waals surface area contributed by atoms with E-state index in [2.05, 4.69) is 6.92 Å². The van der Waals surface area contributed by atoms with Crippen LogP contribution in [0, 0.1) is 11.8 Å². The van der Waals surface area contributed by atoms with Crippen molar-refractivity contribution < 1.29 is 9.53 Å². The van der Waals surface area contributed by atoms with Crippen molar-refractivity contribution in [3.05, 3.63) is 0 Å². The van der Waals surface area contributed by atoms with Gasteiger partial charge in [0.2, 0.25) is 0 Å². The number of esters is 1. The molecule has 0 atom stereocenters. The van der Waals surface area contributed by atoms with Gasteiger partial charge in [-0.15, -0.1) is 0 Å². The van der Waals surface area contributed by atoms with Crippen molar-refractivity contribution in [1.29, 1.82) is 0 Å². The van der Waals surface area contributed by atoms with Gasteiger partial charge < -0.3 is 4.74 Å². The molecule has 0 aromatic rings. The molecule has 0 saturated heterocycles. The molecule has 0 amide bonds. The molecule has 1 aliphatic rings. The van der Waals surface area contributed by atoms with Gasteiger partial charge in [0.1, 0.15) is 0 Å². The van der Waals surface area contributed by atoms with E-state index in [0.29, 0.717) is 6.61 Å². The minimum atomic E-state index is 0.0180. The van der Waals surface area contributed by atoms with Gasteiger partial charge in [-0.05, 0) is 38.5 Å². The van der Waals surface area contributed by atoms with Crippen LogP contribution in [0.1, 0.15) is 39.5 Å². The molecule has 2 heteroatoms. The van der Waals surface area contributed by atoms with Crippen LogP contribution in [-0.2, 0) is 9.53 Å². The van der Waals surface area contributed by atoms with E-state index in [0.717, 1.165) is 18.8 Å². The highest BCUT2D eigenvalue weighted by molar-refractivity contribution is 5.72. The Morgan fingerprint density at radius 3 is 2.42 bits per heavy atom. The zero-order chi connectivity index (χ0) is 8.97. The number of rotatable bonds is 2. The molecule has 0 aromatic heterocycles. The summed E-state index contributed by atoms with van der Waals surface area (Å²) in [5.41, 5.74) is 0. The van der Waals surface area contributed by atoms with Crippen molar-refractivity contribution in [2.45, 2.75) is 39.5 Å². The van der Waals surface area contributed by atoms with E-state index in [-0.39, 0.29) is 11.9 Å². The fourth-order valence-corrected chi connectivity index (χ4v) is 1.76. The van der Waals surface area contributed by atoms with Crippen LogP contribution in [0.5, 0.6) is 0 Å². The summed E-state index contributed by atoms with van der Waals surface area (Å²) in [5, 5.41) is 0. The van der Waals surface area contributed by atoms with Gasteiger partial charge in [-0.3, -0.25) is 4.79 Å². The molecular formula is C10H18O2. The molecule has 0 spiro atoms. The summed E-state index contributed by atoms with van der Waals surface area (Å²) in [6.07, 6.45) is 4.42. The lowest BCUT2D eigenvalue weighted by molar-refractivity contribution is -0.149. The van der Waals surface area contributed by atoms with E-state index >= 15 is 0 Å². The highest BCUT2D eigenvalue weighted by Gasteiger charge is 2.24. The van der Waals surface area contributed by atoms with Crippen LogP contribution in [0.15, 0.2) is 0 Å². The van der Waals surface area contributed by atoms with Crippen LogP contribution < -0.4 is 0 Å². The predicted octanol–water partition coefficient (Wildman–Crippen LogP) is 2.38. The Bertz CT molecular complexity index is 146. The average Bonchev–Trinajstić information content (AvgIpc) is 2.06. The van der Waals surface area contributed by atoms with E-state index in [1.54, 1.807) is 0 Å². The van der Waals surface area contributed by atoms with E-state index in [1.165, 1.54) is 12.8 Å². The number of hydrogen-bond donors (Lipinski definition) is 0. The summed E-state index contributed by atoms with van der Waals surface area (Å²) >= 11 is 0. The van der Waals surface area contributed by atoms with Gasteiger partial charge in [-0.1, -0.05) is 6.92 Å². The van der Waals surface area contributed by atoms with Crippen LogP contribution in [0.4, 0.5) is 0 Å². The Balaban J connectivity index is 2.29. The van der Waals surface area contributed by atoms with Crippen LogP contribution in [-0.4, -0.2) is 12.6 Å². The van der Waals surface area contributed by atoms with E-state index in [9.17, 15) is 4.79 Å². The second-order valence-electron chi connectivity index (χ2n) is 3.71. The van der Waals surface area contributed by atoms with Gasteiger partial charge in [0.15, 0.2) is 0 Å². The van der Waals surface area contributed by atoms with Crippen molar-refractivity contribution >= 4 is 5.97 Å². The molecule has 0 unspecified atom stereocenters. The van der Waals surface area contributed by atoms with Crippen molar-refractivity contribution in [3.63, 3.8) is 0 Å². The third-order valence-electron chi connectivity index (χ3n) is 2.64. The van der Waals surface area contributed by atoms with Crippen LogP contribution >= 0.6 is 0 Å². The van der Waals surface area contributed by atoms with Gasteiger partial charge in [0.05, 0.1) is 12.5 Å². The minimum Gasteiger partial charge on any atom is -0.466 e. The maximum Gasteiger partial charge on any atom is 0.308 e. The third kappa shape index (κ3) is 2.50. The normalized spacial score (nSPS) is 29.8. The first-order valence-corrected chi connectivity index (χ1v) is 4.90. The first-order chi connectivity index (χ1) is 5.74. The quantitative estimate of drug-likeness (QED) is 0.595. The highest BCUT2D eigenvalue weighted by Crippen LogP contribution is 2.28. The molecule has 0 aromatic carbocycles. The lowest BCUT2D eigenvalue weighted by atomic mass is 9.83. The second-order valence-corrected chi connectivity index (χ2v) is 3.71. The smallest absolute Gasteiger partial charge is 0.308 e. The molecular weight excluding hydrogens is 152 g/mol. The van der Waals surface area contributed by atoms with Gasteiger partial charge in [0.25, 0.3) is 0 Å². The standard InChI is InChI=1S/C10H18O2/c1-3-12-10(11)9-6-4-8(2)5-7-9/h8-9H,3-7H2,1-2H3. The number of carbonyl (C=O) groups is 1. The summed E-state index contributed by atoms with van der Waals surface area (Å²) in [4.78, 5) is 11.3. The second kappa shape index (κ2) is 4.48. The number of ether oxygens (including phenoxy) is 1. The van der Waals surface area contributed by atoms with Crippen LogP contribution in [0.25, 0.3) is 0 Å². The summed E-state index contributed by atoms with van der Waals surface area (Å²) in [6, 6.07) is 0. The minimum absolute atomic E-state index is 0.0180. The topological polar surface area (TPSA) is 26.3 Å². The molecule has 2 nitrogen and oxygen atoms in total. The Hall–Kier alpha value is -0.530. The fourth-order valence-electron chi connectivity index (χ4n) is 1.76. The average molecular weight is 170 g/mol. The SMILES string of the molecule is CCOC(=O)C1CCC(C)CC1. The summed E-state index contributed by atoms with van der Waals surface area (Å²) in [6.45, 7) is 4.63. The molecule has 0 radical (unpaired) electrons. The Kier molecular flexibility index (Phi) is 3.57. The van der Waals surface area contributed by atoms with E-state index in [1.807, 2.05) is 6.92 Å². The van der Waals surface area contributed by atoms with Crippen molar-refractivity contribution in [2.24, 2.45) is 11.8 Å². The molecule has 0 heterocycles. The largest absolute Gasteiger partial charge is 0.466 e. The number of hydrogen-bond acceptors (Lipinski definition) is 2.